The number of benzene rings is 2. The quantitative estimate of drug-likeness (QED) is 0.814. The molecule has 0 spiro atoms. The van der Waals surface area contributed by atoms with E-state index in [-0.39, 0.29) is 0 Å². The first-order chi connectivity index (χ1) is 8.56. The summed E-state index contributed by atoms with van der Waals surface area (Å²) in [6.45, 7) is 4.86. The maximum Gasteiger partial charge on any atom is 0.0579 e. The Bertz CT molecular complexity index is 564. The van der Waals surface area contributed by atoms with Crippen molar-refractivity contribution in [3.05, 3.63) is 58.1 Å². The molecule has 3 heteroatoms. The van der Waals surface area contributed by atoms with Crippen LogP contribution in [0.3, 0.4) is 0 Å². The van der Waals surface area contributed by atoms with E-state index in [4.69, 9.17) is 17.3 Å². The molecular weight excluding hydrogens is 244 g/mol. The number of hydrogen-bond donors (Lipinski definition) is 2. The summed E-state index contributed by atoms with van der Waals surface area (Å²) in [6.07, 6.45) is 0. The Kier molecular flexibility index (Phi) is 3.78. The molecule has 0 amide bonds. The Labute approximate surface area is 113 Å². The first-order valence-electron chi connectivity index (χ1n) is 5.91. The van der Waals surface area contributed by atoms with Crippen LogP contribution < -0.4 is 11.1 Å². The van der Waals surface area contributed by atoms with Crippen LogP contribution in [0, 0.1) is 13.8 Å². The summed E-state index contributed by atoms with van der Waals surface area (Å²) in [5, 5.41) is 4.09. The maximum atomic E-state index is 6.00. The van der Waals surface area contributed by atoms with Gasteiger partial charge in [-0.2, -0.15) is 0 Å². The number of hydrogen-bond acceptors (Lipinski definition) is 2. The minimum Gasteiger partial charge on any atom is -0.397 e. The van der Waals surface area contributed by atoms with Gasteiger partial charge in [0.2, 0.25) is 0 Å². The zero-order chi connectivity index (χ0) is 13.1. The van der Waals surface area contributed by atoms with Crippen molar-refractivity contribution in [2.45, 2.75) is 20.4 Å². The lowest BCUT2D eigenvalue weighted by molar-refractivity contribution is 1.15. The fourth-order valence-corrected chi connectivity index (χ4v) is 2.05. The Morgan fingerprint density at radius 2 is 1.83 bits per heavy atom. The minimum absolute atomic E-state index is 0.716. The van der Waals surface area contributed by atoms with Crippen LogP contribution in [0.15, 0.2) is 36.4 Å². The maximum absolute atomic E-state index is 6.00. The van der Waals surface area contributed by atoms with Crippen molar-refractivity contribution in [3.63, 3.8) is 0 Å². The van der Waals surface area contributed by atoms with Crippen LogP contribution in [-0.2, 0) is 6.54 Å². The summed E-state index contributed by atoms with van der Waals surface area (Å²) in [7, 11) is 0. The fraction of sp³-hybridized carbons (Fsp3) is 0.200. The monoisotopic (exact) mass is 260 g/mol. The van der Waals surface area contributed by atoms with Crippen molar-refractivity contribution < 1.29 is 0 Å². The number of nitrogen functional groups attached to an aromatic ring is 1. The molecule has 0 aromatic heterocycles. The van der Waals surface area contributed by atoms with Crippen LogP contribution in [0.5, 0.6) is 0 Å². The van der Waals surface area contributed by atoms with Gasteiger partial charge in [0.1, 0.15) is 0 Å². The van der Waals surface area contributed by atoms with Crippen molar-refractivity contribution in [3.8, 4) is 0 Å². The van der Waals surface area contributed by atoms with Gasteiger partial charge in [-0.25, -0.2) is 0 Å². The van der Waals surface area contributed by atoms with Gasteiger partial charge in [0.25, 0.3) is 0 Å². The van der Waals surface area contributed by atoms with Crippen LogP contribution in [0.25, 0.3) is 0 Å². The van der Waals surface area contributed by atoms with Crippen molar-refractivity contribution in [2.75, 3.05) is 11.1 Å². The molecule has 2 nitrogen and oxygen atoms in total. The van der Waals surface area contributed by atoms with Crippen LogP contribution in [0.1, 0.15) is 16.7 Å². The van der Waals surface area contributed by atoms with E-state index in [1.54, 1.807) is 0 Å². The van der Waals surface area contributed by atoms with Gasteiger partial charge >= 0.3 is 0 Å². The molecular formula is C15H17ClN2. The van der Waals surface area contributed by atoms with E-state index in [2.05, 4.69) is 25.2 Å². The summed E-state index contributed by atoms with van der Waals surface area (Å²) in [6, 6.07) is 11.9. The molecule has 0 aliphatic rings. The Morgan fingerprint density at radius 1 is 1.11 bits per heavy atom. The number of halogens is 1. The molecule has 2 aromatic carbocycles. The highest BCUT2D eigenvalue weighted by molar-refractivity contribution is 6.30. The van der Waals surface area contributed by atoms with Gasteiger partial charge in [0.05, 0.1) is 11.4 Å². The first kappa shape index (κ1) is 12.8. The van der Waals surface area contributed by atoms with Crippen molar-refractivity contribution in [1.29, 1.82) is 0 Å². The average molecular weight is 261 g/mol. The molecule has 2 rings (SSSR count). The summed E-state index contributed by atoms with van der Waals surface area (Å²) in [5.74, 6) is 0. The highest BCUT2D eigenvalue weighted by Crippen LogP contribution is 2.23. The number of nitrogens with one attached hydrogen (secondary N) is 1. The van der Waals surface area contributed by atoms with E-state index >= 15 is 0 Å². The predicted molar refractivity (Wildman–Crippen MR) is 79.1 cm³/mol. The molecule has 0 bridgehead atoms. The second-order valence-corrected chi connectivity index (χ2v) is 4.94. The average Bonchev–Trinajstić information content (AvgIpc) is 2.32. The highest BCUT2D eigenvalue weighted by atomic mass is 35.5. The first-order valence-corrected chi connectivity index (χ1v) is 6.29. The van der Waals surface area contributed by atoms with Crippen LogP contribution in [-0.4, -0.2) is 0 Å². The molecule has 3 N–H and O–H groups in total. The molecule has 94 valence electrons. The predicted octanol–water partition coefficient (Wildman–Crippen LogP) is 4.15. The Hall–Kier alpha value is -1.67. The molecule has 0 aliphatic carbocycles. The molecule has 0 heterocycles. The molecule has 0 unspecified atom stereocenters. The molecule has 0 radical (unpaired) electrons. The molecule has 0 atom stereocenters. The van der Waals surface area contributed by atoms with Crippen molar-refractivity contribution in [1.82, 2.24) is 0 Å². The standard InChI is InChI=1S/C15H17ClN2/c1-10-6-14(17)15(7-11(10)2)18-9-12-4-3-5-13(16)8-12/h3-8,18H,9,17H2,1-2H3. The van der Waals surface area contributed by atoms with E-state index in [0.717, 1.165) is 22.0 Å². The fourth-order valence-electron chi connectivity index (χ4n) is 1.84. The molecule has 0 fully saturated rings. The largest absolute Gasteiger partial charge is 0.397 e. The smallest absolute Gasteiger partial charge is 0.0579 e. The van der Waals surface area contributed by atoms with E-state index in [0.29, 0.717) is 6.54 Å². The van der Waals surface area contributed by atoms with Gasteiger partial charge in [-0.05, 0) is 54.8 Å². The normalized spacial score (nSPS) is 10.4. The van der Waals surface area contributed by atoms with Gasteiger partial charge in [-0.1, -0.05) is 23.7 Å². The number of rotatable bonds is 3. The third-order valence-electron chi connectivity index (χ3n) is 3.04. The lowest BCUT2D eigenvalue weighted by atomic mass is 10.1. The van der Waals surface area contributed by atoms with Gasteiger partial charge in [-0.3, -0.25) is 0 Å². The van der Waals surface area contributed by atoms with E-state index in [9.17, 15) is 0 Å². The van der Waals surface area contributed by atoms with Crippen LogP contribution >= 0.6 is 11.6 Å². The number of anilines is 2. The summed E-state index contributed by atoms with van der Waals surface area (Å²) < 4.78 is 0. The summed E-state index contributed by atoms with van der Waals surface area (Å²) >= 11 is 5.95. The summed E-state index contributed by atoms with van der Waals surface area (Å²) in [4.78, 5) is 0. The third-order valence-corrected chi connectivity index (χ3v) is 3.27. The Balaban J connectivity index is 2.13. The zero-order valence-corrected chi connectivity index (χ0v) is 11.4. The molecule has 0 saturated heterocycles. The van der Waals surface area contributed by atoms with Crippen molar-refractivity contribution in [2.24, 2.45) is 0 Å². The molecule has 18 heavy (non-hydrogen) atoms. The van der Waals surface area contributed by atoms with Crippen LogP contribution in [0.4, 0.5) is 11.4 Å². The highest BCUT2D eigenvalue weighted by Gasteiger charge is 2.02. The lowest BCUT2D eigenvalue weighted by Crippen LogP contribution is -2.03. The van der Waals surface area contributed by atoms with Gasteiger partial charge in [0.15, 0.2) is 0 Å². The molecule has 2 aromatic rings. The topological polar surface area (TPSA) is 38.0 Å². The van der Waals surface area contributed by atoms with E-state index in [1.165, 1.54) is 11.1 Å². The lowest BCUT2D eigenvalue weighted by Gasteiger charge is -2.12. The number of aryl methyl sites for hydroxylation is 2. The Morgan fingerprint density at radius 3 is 2.56 bits per heavy atom. The van der Waals surface area contributed by atoms with Gasteiger partial charge in [0, 0.05) is 11.6 Å². The van der Waals surface area contributed by atoms with Crippen LogP contribution in [0.2, 0.25) is 5.02 Å². The zero-order valence-electron chi connectivity index (χ0n) is 10.6. The van der Waals surface area contributed by atoms with Crippen molar-refractivity contribution >= 4 is 23.0 Å². The minimum atomic E-state index is 0.716. The van der Waals surface area contributed by atoms with Gasteiger partial charge < -0.3 is 11.1 Å². The van der Waals surface area contributed by atoms with Gasteiger partial charge in [-0.15, -0.1) is 0 Å². The second-order valence-electron chi connectivity index (χ2n) is 4.51. The number of nitrogens with two attached hydrogens (primary N) is 1. The van der Waals surface area contributed by atoms with E-state index in [1.807, 2.05) is 30.3 Å². The SMILES string of the molecule is Cc1cc(N)c(NCc2cccc(Cl)c2)cc1C. The van der Waals surface area contributed by atoms with E-state index < -0.39 is 0 Å². The molecule has 0 aliphatic heterocycles. The second kappa shape index (κ2) is 5.32. The third kappa shape index (κ3) is 2.96. The summed E-state index contributed by atoms with van der Waals surface area (Å²) in [5.41, 5.74) is 11.3. The molecule has 0 saturated carbocycles.